The zero-order valence-corrected chi connectivity index (χ0v) is 11.6. The number of benzene rings is 2. The molecule has 0 atom stereocenters. The number of nitrogens with one attached hydrogen (secondary N) is 1. The Bertz CT molecular complexity index is 729. The summed E-state index contributed by atoms with van der Waals surface area (Å²) in [5.41, 5.74) is 1.16. The molecule has 0 aliphatic carbocycles. The molecule has 0 aliphatic heterocycles. The number of sulfonamides is 1. The first-order valence-electron chi connectivity index (χ1n) is 5.92. The molecule has 0 spiro atoms. The van der Waals surface area contributed by atoms with E-state index in [9.17, 15) is 12.8 Å². The van der Waals surface area contributed by atoms with Crippen LogP contribution in [0, 0.1) is 12.7 Å². The number of aliphatic hydroxyl groups is 1. The average molecular weight is 295 g/mol. The van der Waals surface area contributed by atoms with Gasteiger partial charge in [-0.3, -0.25) is 4.72 Å². The second-order valence-corrected chi connectivity index (χ2v) is 5.97. The smallest absolute Gasteiger partial charge is 0.262 e. The van der Waals surface area contributed by atoms with E-state index < -0.39 is 15.8 Å². The van der Waals surface area contributed by atoms with Crippen molar-refractivity contribution >= 4 is 15.7 Å². The first-order chi connectivity index (χ1) is 9.44. The largest absolute Gasteiger partial charge is 0.392 e. The van der Waals surface area contributed by atoms with Gasteiger partial charge in [-0.05, 0) is 42.3 Å². The lowest BCUT2D eigenvalue weighted by Crippen LogP contribution is -2.15. The van der Waals surface area contributed by atoms with Crippen LogP contribution in [0.3, 0.4) is 0 Å². The summed E-state index contributed by atoms with van der Waals surface area (Å²) in [7, 11) is -3.82. The zero-order chi connectivity index (χ0) is 14.8. The SMILES string of the molecule is Cc1c(CO)cccc1S(=O)(=O)Nc1cccc(F)c1. The molecule has 0 saturated carbocycles. The molecule has 0 heterocycles. The van der Waals surface area contributed by atoms with Crippen LogP contribution in [0.4, 0.5) is 10.1 Å². The van der Waals surface area contributed by atoms with Gasteiger partial charge in [0.1, 0.15) is 5.82 Å². The van der Waals surface area contributed by atoms with Crippen LogP contribution in [0.2, 0.25) is 0 Å². The van der Waals surface area contributed by atoms with Gasteiger partial charge in [-0.15, -0.1) is 0 Å². The lowest BCUT2D eigenvalue weighted by Gasteiger charge is -2.12. The van der Waals surface area contributed by atoms with Crippen molar-refractivity contribution in [3.63, 3.8) is 0 Å². The Morgan fingerprint density at radius 3 is 2.55 bits per heavy atom. The Balaban J connectivity index is 2.41. The van der Waals surface area contributed by atoms with E-state index in [0.717, 1.165) is 6.07 Å². The molecule has 0 radical (unpaired) electrons. The van der Waals surface area contributed by atoms with Crippen molar-refractivity contribution in [2.45, 2.75) is 18.4 Å². The molecule has 2 N–H and O–H groups in total. The zero-order valence-electron chi connectivity index (χ0n) is 10.8. The summed E-state index contributed by atoms with van der Waals surface area (Å²) in [6.07, 6.45) is 0. The fourth-order valence-electron chi connectivity index (χ4n) is 1.88. The number of rotatable bonds is 4. The van der Waals surface area contributed by atoms with E-state index in [1.807, 2.05) is 0 Å². The highest BCUT2D eigenvalue weighted by Gasteiger charge is 2.18. The van der Waals surface area contributed by atoms with Crippen molar-refractivity contribution in [1.82, 2.24) is 0 Å². The molecule has 2 aromatic rings. The minimum absolute atomic E-state index is 0.0633. The standard InChI is InChI=1S/C14H14FNO3S/c1-10-11(9-17)4-2-7-14(10)20(18,19)16-13-6-3-5-12(15)8-13/h2-8,16-17H,9H2,1H3. The van der Waals surface area contributed by atoms with Crippen LogP contribution in [0.25, 0.3) is 0 Å². The second kappa shape index (κ2) is 5.60. The number of hydrogen-bond donors (Lipinski definition) is 2. The van der Waals surface area contributed by atoms with Gasteiger partial charge in [-0.1, -0.05) is 18.2 Å². The molecule has 0 amide bonds. The minimum Gasteiger partial charge on any atom is -0.392 e. The monoisotopic (exact) mass is 295 g/mol. The Morgan fingerprint density at radius 1 is 1.20 bits per heavy atom. The Kier molecular flexibility index (Phi) is 4.06. The quantitative estimate of drug-likeness (QED) is 0.910. The maximum atomic E-state index is 13.1. The third-order valence-corrected chi connectivity index (χ3v) is 4.46. The second-order valence-electron chi connectivity index (χ2n) is 4.31. The molecule has 0 aromatic heterocycles. The average Bonchev–Trinajstić information content (AvgIpc) is 2.38. The van der Waals surface area contributed by atoms with Gasteiger partial charge in [0.25, 0.3) is 10.0 Å². The normalized spacial score (nSPS) is 11.3. The Morgan fingerprint density at radius 2 is 1.90 bits per heavy atom. The molecular weight excluding hydrogens is 281 g/mol. The van der Waals surface area contributed by atoms with Gasteiger partial charge >= 0.3 is 0 Å². The third kappa shape index (κ3) is 2.97. The molecule has 0 unspecified atom stereocenters. The van der Waals surface area contributed by atoms with Crippen LogP contribution in [-0.2, 0) is 16.6 Å². The van der Waals surface area contributed by atoms with E-state index in [2.05, 4.69) is 4.72 Å². The first-order valence-corrected chi connectivity index (χ1v) is 7.40. The fourth-order valence-corrected chi connectivity index (χ4v) is 3.22. The Hall–Kier alpha value is -1.92. The summed E-state index contributed by atoms with van der Waals surface area (Å²) in [5.74, 6) is -0.522. The van der Waals surface area contributed by atoms with E-state index in [1.165, 1.54) is 24.3 Å². The fraction of sp³-hybridized carbons (Fsp3) is 0.143. The highest BCUT2D eigenvalue weighted by atomic mass is 32.2. The predicted octanol–water partition coefficient (Wildman–Crippen LogP) is 2.43. The maximum Gasteiger partial charge on any atom is 0.262 e. The predicted molar refractivity (Wildman–Crippen MR) is 74.3 cm³/mol. The summed E-state index contributed by atoms with van der Waals surface area (Å²) in [6.45, 7) is 1.38. The highest BCUT2D eigenvalue weighted by Crippen LogP contribution is 2.22. The van der Waals surface area contributed by atoms with Crippen LogP contribution in [0.1, 0.15) is 11.1 Å². The van der Waals surface area contributed by atoms with Crippen LogP contribution < -0.4 is 4.72 Å². The van der Waals surface area contributed by atoms with Crippen LogP contribution >= 0.6 is 0 Å². The van der Waals surface area contributed by atoms with Crippen molar-refractivity contribution in [2.24, 2.45) is 0 Å². The van der Waals surface area contributed by atoms with E-state index >= 15 is 0 Å². The van der Waals surface area contributed by atoms with Gasteiger partial charge in [0, 0.05) is 0 Å². The van der Waals surface area contributed by atoms with Crippen LogP contribution in [-0.4, -0.2) is 13.5 Å². The van der Waals surface area contributed by atoms with Gasteiger partial charge in [-0.25, -0.2) is 12.8 Å². The Labute approximate surface area is 116 Å². The summed E-state index contributed by atoms with van der Waals surface area (Å²) in [5, 5.41) is 9.17. The van der Waals surface area contributed by atoms with Crippen molar-refractivity contribution in [2.75, 3.05) is 4.72 Å². The molecule has 0 saturated heterocycles. The molecule has 4 nitrogen and oxygen atoms in total. The summed E-state index contributed by atoms with van der Waals surface area (Å²) < 4.78 is 40.0. The van der Waals surface area contributed by atoms with Crippen molar-refractivity contribution in [3.8, 4) is 0 Å². The van der Waals surface area contributed by atoms with E-state index in [4.69, 9.17) is 5.11 Å². The molecule has 6 heteroatoms. The summed E-state index contributed by atoms with van der Waals surface area (Å²) in [4.78, 5) is 0.0633. The number of hydrogen-bond acceptors (Lipinski definition) is 3. The van der Waals surface area contributed by atoms with Crippen LogP contribution in [0.15, 0.2) is 47.4 Å². The lowest BCUT2D eigenvalue weighted by molar-refractivity contribution is 0.280. The summed E-state index contributed by atoms with van der Waals surface area (Å²) in [6, 6.07) is 9.86. The van der Waals surface area contributed by atoms with Gasteiger partial charge in [0.05, 0.1) is 17.2 Å². The van der Waals surface area contributed by atoms with Gasteiger partial charge in [0.2, 0.25) is 0 Å². The maximum absolute atomic E-state index is 13.1. The van der Waals surface area contributed by atoms with Crippen LogP contribution in [0.5, 0.6) is 0 Å². The first kappa shape index (κ1) is 14.5. The van der Waals surface area contributed by atoms with Crippen molar-refractivity contribution in [1.29, 1.82) is 0 Å². The van der Waals surface area contributed by atoms with Crippen molar-refractivity contribution in [3.05, 3.63) is 59.4 Å². The van der Waals surface area contributed by atoms with Gasteiger partial charge in [0.15, 0.2) is 0 Å². The number of aliphatic hydroxyl groups excluding tert-OH is 1. The molecule has 20 heavy (non-hydrogen) atoms. The molecular formula is C14H14FNO3S. The number of anilines is 1. The van der Waals surface area contributed by atoms with E-state index in [0.29, 0.717) is 11.1 Å². The molecule has 0 bridgehead atoms. The third-order valence-electron chi connectivity index (χ3n) is 2.93. The topological polar surface area (TPSA) is 66.4 Å². The highest BCUT2D eigenvalue weighted by molar-refractivity contribution is 7.92. The van der Waals surface area contributed by atoms with E-state index in [-0.39, 0.29) is 17.2 Å². The lowest BCUT2D eigenvalue weighted by atomic mass is 10.1. The number of halogens is 1. The molecule has 106 valence electrons. The van der Waals surface area contributed by atoms with Gasteiger partial charge in [-0.2, -0.15) is 0 Å². The molecule has 2 rings (SSSR count). The molecule has 0 fully saturated rings. The van der Waals surface area contributed by atoms with Gasteiger partial charge < -0.3 is 5.11 Å². The minimum atomic E-state index is -3.82. The summed E-state index contributed by atoms with van der Waals surface area (Å²) >= 11 is 0. The van der Waals surface area contributed by atoms with Crippen molar-refractivity contribution < 1.29 is 17.9 Å². The van der Waals surface area contributed by atoms with E-state index in [1.54, 1.807) is 19.1 Å². The molecule has 0 aliphatic rings. The molecule has 2 aromatic carbocycles.